The molecule has 0 spiro atoms. The molecular weight excluding hydrogens is 387 g/mol. The number of benzene rings is 2. The van der Waals surface area contributed by atoms with Crippen LogP contribution in [0.4, 0.5) is 5.82 Å². The molecule has 0 unspecified atom stereocenters. The maximum absolute atomic E-state index is 9.40. The number of anilines is 1. The van der Waals surface area contributed by atoms with Gasteiger partial charge in [0.2, 0.25) is 0 Å². The molecule has 0 radical (unpaired) electrons. The normalized spacial score (nSPS) is 18.9. The van der Waals surface area contributed by atoms with Gasteiger partial charge in [0.15, 0.2) is 0 Å². The van der Waals surface area contributed by atoms with Crippen molar-refractivity contribution in [3.8, 4) is 0 Å². The van der Waals surface area contributed by atoms with E-state index in [2.05, 4.69) is 106 Å². The van der Waals surface area contributed by atoms with Crippen LogP contribution in [0.2, 0.25) is 6.82 Å². The summed E-state index contributed by atoms with van der Waals surface area (Å²) in [6, 6.07) is 19.9. The Morgan fingerprint density at radius 3 is 2.31 bits per heavy atom. The molecule has 1 aliphatic heterocycles. The zero-order valence-corrected chi connectivity index (χ0v) is 20.5. The summed E-state index contributed by atoms with van der Waals surface area (Å²) < 4.78 is 11.7. The van der Waals surface area contributed by atoms with Gasteiger partial charge in [-0.15, -0.1) is 0 Å². The number of hydrogen-bond donors (Lipinski definition) is 0. The largest absolute Gasteiger partial charge is 0.406 e. The van der Waals surface area contributed by atoms with E-state index in [0.717, 1.165) is 25.7 Å². The van der Waals surface area contributed by atoms with Gasteiger partial charge in [-0.25, -0.2) is 4.57 Å². The number of pyridine rings is 1. The predicted octanol–water partition coefficient (Wildman–Crippen LogP) is 5.33. The molecule has 2 aliphatic rings. The van der Waals surface area contributed by atoms with E-state index in [9.17, 15) is 1.37 Å². The van der Waals surface area contributed by atoms with E-state index in [1.54, 1.807) is 0 Å². The van der Waals surface area contributed by atoms with Crippen LogP contribution in [0.15, 0.2) is 54.6 Å². The van der Waals surface area contributed by atoms with Crippen LogP contribution in [0.1, 0.15) is 66.2 Å². The zero-order valence-electron chi connectivity index (χ0n) is 21.5. The van der Waals surface area contributed by atoms with Gasteiger partial charge in [0.05, 0.1) is 12.7 Å². The Bertz CT molecular complexity index is 1360. The van der Waals surface area contributed by atoms with Crippen molar-refractivity contribution in [2.75, 3.05) is 4.81 Å². The summed E-state index contributed by atoms with van der Waals surface area (Å²) in [5, 5.41) is 3.92. The highest BCUT2D eigenvalue weighted by molar-refractivity contribution is 6.81. The molecule has 1 fully saturated rings. The number of aromatic nitrogens is 1. The van der Waals surface area contributed by atoms with Crippen molar-refractivity contribution in [3.05, 3.63) is 70.6 Å². The molecule has 1 aromatic heterocycles. The van der Waals surface area contributed by atoms with Crippen LogP contribution >= 0.6 is 0 Å². The van der Waals surface area contributed by atoms with Crippen LogP contribution in [0.5, 0.6) is 0 Å². The first-order valence-corrected chi connectivity index (χ1v) is 12.2. The maximum Gasteiger partial charge on any atom is 0.406 e. The lowest BCUT2D eigenvalue weighted by Crippen LogP contribution is -2.55. The lowest BCUT2D eigenvalue weighted by atomic mass is 9.47. The third-order valence-electron chi connectivity index (χ3n) is 7.59. The fourth-order valence-corrected chi connectivity index (χ4v) is 6.22. The van der Waals surface area contributed by atoms with Crippen molar-refractivity contribution in [2.24, 2.45) is 12.5 Å². The van der Waals surface area contributed by atoms with E-state index in [1.807, 2.05) is 0 Å². The summed E-state index contributed by atoms with van der Waals surface area (Å²) in [4.78, 5) is 2.52. The van der Waals surface area contributed by atoms with Crippen LogP contribution in [-0.2, 0) is 7.05 Å². The van der Waals surface area contributed by atoms with Crippen LogP contribution in [0.25, 0.3) is 22.1 Å². The van der Waals surface area contributed by atoms with E-state index >= 15 is 0 Å². The molecule has 5 rings (SSSR count). The third kappa shape index (κ3) is 3.29. The molecule has 2 nitrogen and oxygen atoms in total. The van der Waals surface area contributed by atoms with E-state index < -0.39 is 5.89 Å². The number of nitrogens with zero attached hydrogens (tertiary/aromatic N) is 2. The highest BCUT2D eigenvalue weighted by Crippen LogP contribution is 2.40. The van der Waals surface area contributed by atoms with Gasteiger partial charge in [-0.1, -0.05) is 76.1 Å². The fourth-order valence-electron chi connectivity index (χ4n) is 6.22. The summed E-state index contributed by atoms with van der Waals surface area (Å²) in [5.41, 5.74) is 5.21. The number of rotatable bonds is 2. The molecule has 164 valence electrons. The molecule has 3 heteroatoms. The Labute approximate surface area is 194 Å². The molecule has 0 N–H and O–H groups in total. The topological polar surface area (TPSA) is 7.12 Å². The molecule has 1 saturated carbocycles. The van der Waals surface area contributed by atoms with Gasteiger partial charge in [0.1, 0.15) is 5.52 Å². The van der Waals surface area contributed by atoms with Crippen molar-refractivity contribution in [2.45, 2.75) is 66.1 Å². The van der Waals surface area contributed by atoms with Crippen molar-refractivity contribution in [3.63, 3.8) is 0 Å². The van der Waals surface area contributed by atoms with Crippen molar-refractivity contribution >= 4 is 34.7 Å². The first-order valence-electron chi connectivity index (χ1n) is 12.7. The first kappa shape index (κ1) is 20.1. The van der Waals surface area contributed by atoms with Crippen molar-refractivity contribution < 1.29 is 5.94 Å². The van der Waals surface area contributed by atoms with Gasteiger partial charge in [0.25, 0.3) is 5.82 Å². The second-order valence-corrected chi connectivity index (χ2v) is 10.6. The Kier molecular flexibility index (Phi) is 4.89. The molecule has 32 heavy (non-hydrogen) atoms. The molecule has 0 bridgehead atoms. The highest BCUT2D eigenvalue weighted by atomic mass is 15.2. The monoisotopic (exact) mass is 424 g/mol. The smallest absolute Gasteiger partial charge is 0.290 e. The Balaban J connectivity index is 1.84. The molecule has 2 aromatic carbocycles. The molecule has 3 aromatic rings. The summed E-state index contributed by atoms with van der Waals surface area (Å²) >= 11 is 0. The highest BCUT2D eigenvalue weighted by Gasteiger charge is 2.42. The van der Waals surface area contributed by atoms with Crippen molar-refractivity contribution in [1.29, 1.82) is 0 Å². The number of para-hydroxylation sites is 1. The molecule has 0 saturated heterocycles. The number of aryl methyl sites for hydroxylation is 1. The van der Waals surface area contributed by atoms with Crippen LogP contribution in [-0.4, -0.2) is 6.85 Å². The van der Waals surface area contributed by atoms with Gasteiger partial charge in [-0.3, -0.25) is 4.81 Å². The third-order valence-corrected chi connectivity index (χ3v) is 7.59. The predicted molar refractivity (Wildman–Crippen MR) is 138 cm³/mol. The van der Waals surface area contributed by atoms with E-state index in [4.69, 9.17) is 0 Å². The van der Waals surface area contributed by atoms with Crippen LogP contribution < -0.4 is 19.8 Å². The molecular formula is C29H36BN2+. The maximum atomic E-state index is 9.40. The second kappa shape index (κ2) is 7.80. The fraction of sp³-hybridized carbons (Fsp3) is 0.414. The lowest BCUT2D eigenvalue weighted by Gasteiger charge is -2.34. The van der Waals surface area contributed by atoms with Crippen molar-refractivity contribution in [1.82, 2.24) is 0 Å². The Morgan fingerprint density at radius 2 is 1.62 bits per heavy atom. The zero-order chi connectivity index (χ0) is 23.5. The molecule has 1 aliphatic carbocycles. The summed E-state index contributed by atoms with van der Waals surface area (Å²) in [6.45, 7) is 11.8. The summed E-state index contributed by atoms with van der Waals surface area (Å²) in [6.07, 6.45) is 4.19. The van der Waals surface area contributed by atoms with Gasteiger partial charge >= 0.3 is 6.85 Å². The quantitative estimate of drug-likeness (QED) is 0.399. The van der Waals surface area contributed by atoms with Crippen LogP contribution in [0.3, 0.4) is 0 Å². The minimum Gasteiger partial charge on any atom is -0.290 e. The Hall–Kier alpha value is -2.55. The van der Waals surface area contributed by atoms with Gasteiger partial charge < -0.3 is 0 Å². The first-order chi connectivity index (χ1) is 15.6. The number of fused-ring (bicyclic) bond motifs is 2. The van der Waals surface area contributed by atoms with E-state index in [0.29, 0.717) is 0 Å². The van der Waals surface area contributed by atoms with Gasteiger partial charge in [0, 0.05) is 18.0 Å². The molecule has 2 heterocycles. The van der Waals surface area contributed by atoms with Gasteiger partial charge in [-0.2, -0.15) is 0 Å². The van der Waals surface area contributed by atoms with E-state index in [1.165, 1.54) is 43.9 Å². The average Bonchev–Trinajstić information content (AvgIpc) is 3.22. The standard InChI is InChI=1S/C29H36BN2/c1-20-22-15-9-10-17-24(22)28(29(2,3)4)30(5)32(20)27-19-25(21-13-7-8-14-21)23-16-11-12-18-26(23)31(27)6/h9-12,15-19,21H,7-8,13-14H2,1-6H3/q+1/i21D. The minimum atomic E-state index is -0.496. The molecule has 0 amide bonds. The van der Waals surface area contributed by atoms with Crippen LogP contribution in [0, 0.1) is 5.41 Å². The minimum absolute atomic E-state index is 0.0504. The Morgan fingerprint density at radius 1 is 1.00 bits per heavy atom. The average molecular weight is 424 g/mol. The second-order valence-electron chi connectivity index (χ2n) is 10.6. The SMILES string of the molecule is [2H]C1(c2cc(N3B(C)C(C(C)(C)C)=c4ccccc4=C3C)[n+](C)c3ccccc23)CCCC1. The summed E-state index contributed by atoms with van der Waals surface area (Å²) in [5.74, 6) is 0.688. The lowest BCUT2D eigenvalue weighted by molar-refractivity contribution is -0.631. The number of hydrogen-bond acceptors (Lipinski definition) is 1. The van der Waals surface area contributed by atoms with E-state index in [-0.39, 0.29) is 12.3 Å². The molecule has 0 atom stereocenters. The summed E-state index contributed by atoms with van der Waals surface area (Å²) in [7, 11) is 2.18. The van der Waals surface area contributed by atoms with Gasteiger partial charge in [-0.05, 0) is 60.2 Å².